The van der Waals surface area contributed by atoms with Crippen molar-refractivity contribution >= 4 is 17.3 Å². The highest BCUT2D eigenvalue weighted by atomic mass is 16.1. The molecule has 0 aliphatic rings. The van der Waals surface area contributed by atoms with Crippen LogP contribution < -0.4 is 10.6 Å². The normalized spacial score (nSPS) is 12.3. The van der Waals surface area contributed by atoms with Gasteiger partial charge < -0.3 is 10.6 Å². The van der Waals surface area contributed by atoms with Crippen molar-refractivity contribution in [1.82, 2.24) is 0 Å². The smallest absolute Gasteiger partial charge is 0.226 e. The molecule has 0 bridgehead atoms. The zero-order valence-electron chi connectivity index (χ0n) is 12.5. The standard InChI is InChI=1S/C16H26N2O/c1-5-8-13(6-2)17-14-9-7-10-15(11-14)18-16(19)12(3)4/h7,9-13,17H,5-6,8H2,1-4H3,(H,18,19). The molecule has 0 saturated carbocycles. The van der Waals surface area contributed by atoms with Crippen molar-refractivity contribution in [2.24, 2.45) is 5.92 Å². The molecule has 1 aromatic rings. The van der Waals surface area contributed by atoms with Gasteiger partial charge in [-0.15, -0.1) is 0 Å². The lowest BCUT2D eigenvalue weighted by atomic mass is 10.1. The molecule has 1 aromatic carbocycles. The van der Waals surface area contributed by atoms with E-state index in [1.165, 1.54) is 12.8 Å². The second-order valence-electron chi connectivity index (χ2n) is 5.26. The Morgan fingerprint density at radius 2 is 1.89 bits per heavy atom. The summed E-state index contributed by atoms with van der Waals surface area (Å²) in [7, 11) is 0. The Labute approximate surface area is 116 Å². The molecule has 3 nitrogen and oxygen atoms in total. The molecule has 1 unspecified atom stereocenters. The molecule has 106 valence electrons. The minimum atomic E-state index is 0.0000898. The molecule has 0 aliphatic heterocycles. The van der Waals surface area contributed by atoms with E-state index in [1.807, 2.05) is 38.1 Å². The van der Waals surface area contributed by atoms with Crippen molar-refractivity contribution in [2.75, 3.05) is 10.6 Å². The van der Waals surface area contributed by atoms with Crippen LogP contribution in [0.1, 0.15) is 47.0 Å². The van der Waals surface area contributed by atoms with Crippen LogP contribution in [0.5, 0.6) is 0 Å². The first-order chi connectivity index (χ1) is 9.06. The summed E-state index contributed by atoms with van der Waals surface area (Å²) >= 11 is 0. The summed E-state index contributed by atoms with van der Waals surface area (Å²) in [4.78, 5) is 11.7. The van der Waals surface area contributed by atoms with E-state index in [1.54, 1.807) is 0 Å². The van der Waals surface area contributed by atoms with E-state index in [0.29, 0.717) is 6.04 Å². The van der Waals surface area contributed by atoms with E-state index in [-0.39, 0.29) is 11.8 Å². The second-order valence-corrected chi connectivity index (χ2v) is 5.26. The van der Waals surface area contributed by atoms with Crippen molar-refractivity contribution in [3.63, 3.8) is 0 Å². The van der Waals surface area contributed by atoms with Crippen LogP contribution in [0.15, 0.2) is 24.3 Å². The summed E-state index contributed by atoms with van der Waals surface area (Å²) in [6.07, 6.45) is 3.45. The van der Waals surface area contributed by atoms with E-state index in [0.717, 1.165) is 17.8 Å². The van der Waals surface area contributed by atoms with Gasteiger partial charge in [0.1, 0.15) is 0 Å². The number of carbonyl (C=O) groups is 1. The van der Waals surface area contributed by atoms with Crippen molar-refractivity contribution in [3.8, 4) is 0 Å². The van der Waals surface area contributed by atoms with Crippen molar-refractivity contribution in [2.45, 2.75) is 53.0 Å². The van der Waals surface area contributed by atoms with Gasteiger partial charge in [0.05, 0.1) is 0 Å². The van der Waals surface area contributed by atoms with Crippen LogP contribution in [-0.2, 0) is 4.79 Å². The Kier molecular flexibility index (Phi) is 6.40. The van der Waals surface area contributed by atoms with E-state index in [9.17, 15) is 4.79 Å². The summed E-state index contributed by atoms with van der Waals surface area (Å²) in [6, 6.07) is 8.44. The van der Waals surface area contributed by atoms with Crippen LogP contribution in [0, 0.1) is 5.92 Å². The number of carbonyl (C=O) groups excluding carboxylic acids is 1. The summed E-state index contributed by atoms with van der Waals surface area (Å²) in [5, 5.41) is 6.45. The predicted molar refractivity (Wildman–Crippen MR) is 82.5 cm³/mol. The maximum absolute atomic E-state index is 11.7. The molecular weight excluding hydrogens is 236 g/mol. The average Bonchev–Trinajstić information content (AvgIpc) is 2.38. The van der Waals surface area contributed by atoms with E-state index in [4.69, 9.17) is 0 Å². The number of anilines is 2. The Hall–Kier alpha value is -1.51. The number of nitrogens with one attached hydrogen (secondary N) is 2. The molecule has 1 amide bonds. The van der Waals surface area contributed by atoms with Crippen molar-refractivity contribution in [1.29, 1.82) is 0 Å². The summed E-state index contributed by atoms with van der Waals surface area (Å²) in [5.74, 6) is 0.0536. The molecule has 0 saturated heterocycles. The quantitative estimate of drug-likeness (QED) is 0.770. The first kappa shape index (κ1) is 15.5. The van der Waals surface area contributed by atoms with Gasteiger partial charge in [0, 0.05) is 23.3 Å². The Balaban J connectivity index is 2.68. The number of rotatable bonds is 7. The zero-order chi connectivity index (χ0) is 14.3. The Bertz CT molecular complexity index is 401. The number of benzene rings is 1. The van der Waals surface area contributed by atoms with E-state index < -0.39 is 0 Å². The van der Waals surface area contributed by atoms with E-state index in [2.05, 4.69) is 24.5 Å². The SMILES string of the molecule is CCCC(CC)Nc1cccc(NC(=O)C(C)C)c1. The van der Waals surface area contributed by atoms with Crippen molar-refractivity contribution < 1.29 is 4.79 Å². The molecule has 0 aliphatic carbocycles. The second kappa shape index (κ2) is 7.82. The molecule has 0 spiro atoms. The zero-order valence-corrected chi connectivity index (χ0v) is 12.5. The number of hydrogen-bond acceptors (Lipinski definition) is 2. The van der Waals surface area contributed by atoms with Crippen LogP contribution >= 0.6 is 0 Å². The van der Waals surface area contributed by atoms with Gasteiger partial charge in [0.2, 0.25) is 5.91 Å². The fraction of sp³-hybridized carbons (Fsp3) is 0.562. The lowest BCUT2D eigenvalue weighted by Crippen LogP contribution is -2.19. The van der Waals surface area contributed by atoms with Gasteiger partial charge in [-0.3, -0.25) is 4.79 Å². The molecule has 19 heavy (non-hydrogen) atoms. The maximum atomic E-state index is 11.7. The average molecular weight is 262 g/mol. The fourth-order valence-electron chi connectivity index (χ4n) is 1.94. The molecular formula is C16H26N2O. The molecule has 0 aromatic heterocycles. The highest BCUT2D eigenvalue weighted by molar-refractivity contribution is 5.92. The topological polar surface area (TPSA) is 41.1 Å². The maximum Gasteiger partial charge on any atom is 0.226 e. The highest BCUT2D eigenvalue weighted by Crippen LogP contribution is 2.18. The first-order valence-corrected chi connectivity index (χ1v) is 7.24. The van der Waals surface area contributed by atoms with Crippen LogP contribution in [0.3, 0.4) is 0 Å². The van der Waals surface area contributed by atoms with Gasteiger partial charge >= 0.3 is 0 Å². The van der Waals surface area contributed by atoms with Gasteiger partial charge in [0.25, 0.3) is 0 Å². The molecule has 0 fully saturated rings. The minimum absolute atomic E-state index is 0.0000898. The third-order valence-corrected chi connectivity index (χ3v) is 3.16. The molecule has 2 N–H and O–H groups in total. The van der Waals surface area contributed by atoms with E-state index >= 15 is 0 Å². The number of hydrogen-bond donors (Lipinski definition) is 2. The first-order valence-electron chi connectivity index (χ1n) is 7.24. The summed E-state index contributed by atoms with van der Waals surface area (Å²) < 4.78 is 0. The van der Waals surface area contributed by atoms with Crippen LogP contribution in [0.2, 0.25) is 0 Å². The van der Waals surface area contributed by atoms with Gasteiger partial charge in [0.15, 0.2) is 0 Å². The van der Waals surface area contributed by atoms with Gasteiger partial charge in [-0.2, -0.15) is 0 Å². The highest BCUT2D eigenvalue weighted by Gasteiger charge is 2.08. The van der Waals surface area contributed by atoms with Gasteiger partial charge in [-0.05, 0) is 31.0 Å². The molecule has 3 heteroatoms. The lowest BCUT2D eigenvalue weighted by Gasteiger charge is -2.18. The number of amides is 1. The molecule has 0 heterocycles. The minimum Gasteiger partial charge on any atom is -0.382 e. The molecule has 1 atom stereocenters. The lowest BCUT2D eigenvalue weighted by molar-refractivity contribution is -0.118. The fourth-order valence-corrected chi connectivity index (χ4v) is 1.94. The molecule has 1 rings (SSSR count). The van der Waals surface area contributed by atoms with Crippen molar-refractivity contribution in [3.05, 3.63) is 24.3 Å². The predicted octanol–water partition coefficient (Wildman–Crippen LogP) is 4.27. The van der Waals surface area contributed by atoms with Gasteiger partial charge in [-0.1, -0.05) is 40.2 Å². The third kappa shape index (κ3) is 5.33. The largest absolute Gasteiger partial charge is 0.382 e. The van der Waals surface area contributed by atoms with Crippen LogP contribution in [0.4, 0.5) is 11.4 Å². The Morgan fingerprint density at radius 3 is 2.47 bits per heavy atom. The monoisotopic (exact) mass is 262 g/mol. The van der Waals surface area contributed by atoms with Crippen LogP contribution in [0.25, 0.3) is 0 Å². The summed E-state index contributed by atoms with van der Waals surface area (Å²) in [5.41, 5.74) is 1.93. The Morgan fingerprint density at radius 1 is 1.21 bits per heavy atom. The van der Waals surface area contributed by atoms with Crippen LogP contribution in [-0.4, -0.2) is 11.9 Å². The molecule has 0 radical (unpaired) electrons. The van der Waals surface area contributed by atoms with Gasteiger partial charge in [-0.25, -0.2) is 0 Å². The third-order valence-electron chi connectivity index (χ3n) is 3.16. The summed E-state index contributed by atoms with van der Waals surface area (Å²) in [6.45, 7) is 8.18.